The molecule has 0 heterocycles. The van der Waals surface area contributed by atoms with E-state index in [0.717, 1.165) is 22.4 Å². The highest BCUT2D eigenvalue weighted by Gasteiger charge is 2.04. The molecular weight excluding hydrogens is 218 g/mol. The van der Waals surface area contributed by atoms with Crippen molar-refractivity contribution in [1.29, 1.82) is 0 Å². The van der Waals surface area contributed by atoms with Gasteiger partial charge in [0.05, 0.1) is 12.8 Å². The molecule has 0 unspecified atom stereocenters. The van der Waals surface area contributed by atoms with Crippen LogP contribution in [0.3, 0.4) is 0 Å². The summed E-state index contributed by atoms with van der Waals surface area (Å²) >= 11 is 0. The molecule has 0 N–H and O–H groups in total. The maximum absolute atomic E-state index is 10.6. The number of aryl methyl sites for hydroxylation is 2. The van der Waals surface area contributed by atoms with Gasteiger partial charge in [-0.1, -0.05) is 5.16 Å². The standard InChI is InChI=1S/C13H17NO3/c1-5-16-13-9(2)6-12(7-10(13)3)8-14-17-11(4)15/h6-8H,5H2,1-4H3/b14-8+. The second-order valence-electron chi connectivity index (χ2n) is 3.73. The van der Waals surface area contributed by atoms with Crippen LogP contribution in [0.4, 0.5) is 0 Å². The topological polar surface area (TPSA) is 47.9 Å². The Morgan fingerprint density at radius 1 is 1.35 bits per heavy atom. The highest BCUT2D eigenvalue weighted by atomic mass is 16.7. The van der Waals surface area contributed by atoms with Crippen LogP contribution in [0.5, 0.6) is 5.75 Å². The molecule has 1 aromatic rings. The van der Waals surface area contributed by atoms with E-state index in [1.165, 1.54) is 13.1 Å². The maximum Gasteiger partial charge on any atom is 0.331 e. The molecule has 0 aliphatic rings. The summed E-state index contributed by atoms with van der Waals surface area (Å²) in [6.45, 7) is 7.85. The molecule has 1 rings (SSSR count). The highest BCUT2D eigenvalue weighted by molar-refractivity contribution is 5.81. The van der Waals surface area contributed by atoms with Crippen LogP contribution in [-0.2, 0) is 9.63 Å². The van der Waals surface area contributed by atoms with Crippen molar-refractivity contribution >= 4 is 12.2 Å². The van der Waals surface area contributed by atoms with Crippen LogP contribution in [0.15, 0.2) is 17.3 Å². The Morgan fingerprint density at radius 2 is 1.94 bits per heavy atom. The average molecular weight is 235 g/mol. The molecular formula is C13H17NO3. The van der Waals surface area contributed by atoms with E-state index >= 15 is 0 Å². The second kappa shape index (κ2) is 6.03. The number of rotatable bonds is 4. The zero-order valence-electron chi connectivity index (χ0n) is 10.6. The molecule has 4 nitrogen and oxygen atoms in total. The second-order valence-corrected chi connectivity index (χ2v) is 3.73. The van der Waals surface area contributed by atoms with E-state index in [4.69, 9.17) is 4.74 Å². The molecule has 17 heavy (non-hydrogen) atoms. The SMILES string of the molecule is CCOc1c(C)cc(/C=N/OC(C)=O)cc1C. The number of nitrogens with zero attached hydrogens (tertiary/aromatic N) is 1. The third-order valence-electron chi connectivity index (χ3n) is 2.15. The van der Waals surface area contributed by atoms with E-state index in [-0.39, 0.29) is 0 Å². The van der Waals surface area contributed by atoms with Gasteiger partial charge in [-0.15, -0.1) is 0 Å². The van der Waals surface area contributed by atoms with Crippen LogP contribution in [-0.4, -0.2) is 18.8 Å². The molecule has 0 fully saturated rings. The van der Waals surface area contributed by atoms with E-state index < -0.39 is 5.97 Å². The van der Waals surface area contributed by atoms with Gasteiger partial charge in [-0.05, 0) is 49.6 Å². The van der Waals surface area contributed by atoms with Crippen molar-refractivity contribution < 1.29 is 14.4 Å². The Morgan fingerprint density at radius 3 is 2.41 bits per heavy atom. The smallest absolute Gasteiger partial charge is 0.331 e. The Balaban J connectivity index is 2.90. The highest BCUT2D eigenvalue weighted by Crippen LogP contribution is 2.24. The number of ether oxygens (including phenoxy) is 1. The van der Waals surface area contributed by atoms with Gasteiger partial charge < -0.3 is 9.57 Å². The van der Waals surface area contributed by atoms with Gasteiger partial charge in [-0.2, -0.15) is 0 Å². The van der Waals surface area contributed by atoms with Gasteiger partial charge in [0.2, 0.25) is 0 Å². The zero-order valence-corrected chi connectivity index (χ0v) is 10.6. The number of benzene rings is 1. The molecule has 0 atom stereocenters. The first-order valence-electron chi connectivity index (χ1n) is 5.49. The first kappa shape index (κ1) is 13.2. The molecule has 0 bridgehead atoms. The summed E-state index contributed by atoms with van der Waals surface area (Å²) in [5.74, 6) is 0.470. The summed E-state index contributed by atoms with van der Waals surface area (Å²) in [6, 6.07) is 3.87. The predicted octanol–water partition coefficient (Wildman–Crippen LogP) is 2.60. The fraction of sp³-hybridized carbons (Fsp3) is 0.385. The summed E-state index contributed by atoms with van der Waals surface area (Å²) in [6.07, 6.45) is 1.51. The fourth-order valence-electron chi connectivity index (χ4n) is 1.59. The van der Waals surface area contributed by atoms with E-state index in [2.05, 4.69) is 9.99 Å². The summed E-state index contributed by atoms with van der Waals surface area (Å²) < 4.78 is 5.54. The molecule has 92 valence electrons. The van der Waals surface area contributed by atoms with Crippen molar-refractivity contribution in [3.8, 4) is 5.75 Å². The third kappa shape index (κ3) is 3.90. The van der Waals surface area contributed by atoms with Gasteiger partial charge in [0.15, 0.2) is 0 Å². The van der Waals surface area contributed by atoms with Crippen LogP contribution in [0.25, 0.3) is 0 Å². The third-order valence-corrected chi connectivity index (χ3v) is 2.15. The van der Waals surface area contributed by atoms with Gasteiger partial charge in [0, 0.05) is 6.92 Å². The number of hydrogen-bond acceptors (Lipinski definition) is 4. The van der Waals surface area contributed by atoms with Crippen molar-refractivity contribution in [2.24, 2.45) is 5.16 Å². The number of carbonyl (C=O) groups excluding carboxylic acids is 1. The van der Waals surface area contributed by atoms with Crippen molar-refractivity contribution in [2.45, 2.75) is 27.7 Å². The number of hydrogen-bond donors (Lipinski definition) is 0. The molecule has 0 radical (unpaired) electrons. The molecule has 1 aromatic carbocycles. The first-order chi connectivity index (χ1) is 8.04. The van der Waals surface area contributed by atoms with Crippen LogP contribution in [0.1, 0.15) is 30.5 Å². The summed E-state index contributed by atoms with van der Waals surface area (Å²) in [7, 11) is 0. The lowest BCUT2D eigenvalue weighted by molar-refractivity contribution is -0.140. The first-order valence-corrected chi connectivity index (χ1v) is 5.49. The van der Waals surface area contributed by atoms with Gasteiger partial charge in [-0.25, -0.2) is 4.79 Å². The van der Waals surface area contributed by atoms with E-state index in [0.29, 0.717) is 6.61 Å². The minimum atomic E-state index is -0.430. The predicted molar refractivity (Wildman–Crippen MR) is 66.4 cm³/mol. The minimum Gasteiger partial charge on any atom is -0.493 e. The van der Waals surface area contributed by atoms with Gasteiger partial charge in [0.25, 0.3) is 0 Å². The summed E-state index contributed by atoms with van der Waals surface area (Å²) in [4.78, 5) is 15.1. The lowest BCUT2D eigenvalue weighted by Crippen LogP contribution is -1.98. The Bertz CT molecular complexity index is 415. The normalized spacial score (nSPS) is 10.6. The quantitative estimate of drug-likeness (QED) is 0.458. The van der Waals surface area contributed by atoms with E-state index in [1.54, 1.807) is 0 Å². The Kier molecular flexibility index (Phi) is 4.69. The summed E-state index contributed by atoms with van der Waals surface area (Å²) in [5.41, 5.74) is 2.96. The summed E-state index contributed by atoms with van der Waals surface area (Å²) in [5, 5.41) is 3.58. The number of carbonyl (C=O) groups is 1. The van der Waals surface area contributed by atoms with E-state index in [9.17, 15) is 4.79 Å². The van der Waals surface area contributed by atoms with Crippen LogP contribution in [0.2, 0.25) is 0 Å². The monoisotopic (exact) mass is 235 g/mol. The molecule has 4 heteroatoms. The van der Waals surface area contributed by atoms with Gasteiger partial charge >= 0.3 is 5.97 Å². The molecule has 0 aliphatic carbocycles. The molecule has 0 aliphatic heterocycles. The van der Waals surface area contributed by atoms with Gasteiger partial charge in [-0.3, -0.25) is 0 Å². The minimum absolute atomic E-state index is 0.430. The number of oxime groups is 1. The van der Waals surface area contributed by atoms with Crippen molar-refractivity contribution in [1.82, 2.24) is 0 Å². The molecule has 0 aromatic heterocycles. The maximum atomic E-state index is 10.6. The molecule has 0 saturated heterocycles. The molecule has 0 spiro atoms. The van der Waals surface area contributed by atoms with Crippen molar-refractivity contribution in [3.05, 3.63) is 28.8 Å². The Labute approximate surface area is 101 Å². The van der Waals surface area contributed by atoms with Crippen LogP contribution >= 0.6 is 0 Å². The lowest BCUT2D eigenvalue weighted by Gasteiger charge is -2.11. The van der Waals surface area contributed by atoms with Gasteiger partial charge in [0.1, 0.15) is 5.75 Å². The molecule has 0 saturated carbocycles. The lowest BCUT2D eigenvalue weighted by atomic mass is 10.1. The van der Waals surface area contributed by atoms with Crippen LogP contribution in [0, 0.1) is 13.8 Å². The molecule has 0 amide bonds. The Hall–Kier alpha value is -1.84. The fourth-order valence-corrected chi connectivity index (χ4v) is 1.59. The average Bonchev–Trinajstić information content (AvgIpc) is 2.23. The van der Waals surface area contributed by atoms with E-state index in [1.807, 2.05) is 32.9 Å². The van der Waals surface area contributed by atoms with Crippen LogP contribution < -0.4 is 4.74 Å². The van der Waals surface area contributed by atoms with Crippen molar-refractivity contribution in [2.75, 3.05) is 6.61 Å². The largest absolute Gasteiger partial charge is 0.493 e. The van der Waals surface area contributed by atoms with Crippen molar-refractivity contribution in [3.63, 3.8) is 0 Å². The zero-order chi connectivity index (χ0) is 12.8.